The summed E-state index contributed by atoms with van der Waals surface area (Å²) in [7, 11) is 2.63. The van der Waals surface area contributed by atoms with Crippen molar-refractivity contribution in [2.24, 2.45) is 5.41 Å². The van der Waals surface area contributed by atoms with Crippen LogP contribution in [0.2, 0.25) is 0 Å². The van der Waals surface area contributed by atoms with Crippen LogP contribution in [0.1, 0.15) is 47.8 Å². The lowest BCUT2D eigenvalue weighted by molar-refractivity contribution is -0.140. The van der Waals surface area contributed by atoms with E-state index in [2.05, 4.69) is 55.1 Å². The Bertz CT molecular complexity index is 1180. The third-order valence-corrected chi connectivity index (χ3v) is 5.11. The molecule has 36 heavy (non-hydrogen) atoms. The van der Waals surface area contributed by atoms with E-state index < -0.39 is 23.8 Å². The molecule has 0 saturated heterocycles. The molecule has 8 nitrogen and oxygen atoms in total. The Morgan fingerprint density at radius 1 is 0.917 bits per heavy atom. The highest BCUT2D eigenvalue weighted by Gasteiger charge is 2.33. The number of benzene rings is 2. The number of hydrogen-bond acceptors (Lipinski definition) is 5. The second-order valence-corrected chi connectivity index (χ2v) is 9.35. The van der Waals surface area contributed by atoms with E-state index in [-0.39, 0.29) is 11.0 Å². The van der Waals surface area contributed by atoms with Crippen molar-refractivity contribution in [3.8, 4) is 23.7 Å². The summed E-state index contributed by atoms with van der Waals surface area (Å²) in [6.45, 7) is 8.32. The summed E-state index contributed by atoms with van der Waals surface area (Å²) in [6, 6.07) is 12.9. The Labute approximate surface area is 212 Å². The van der Waals surface area contributed by atoms with Crippen molar-refractivity contribution in [2.75, 3.05) is 20.6 Å². The van der Waals surface area contributed by atoms with E-state index in [0.717, 1.165) is 23.6 Å². The zero-order valence-corrected chi connectivity index (χ0v) is 21.2. The van der Waals surface area contributed by atoms with Gasteiger partial charge in [-0.05, 0) is 59.2 Å². The normalized spacial score (nSPS) is 11.2. The molecule has 0 aromatic heterocycles. The molecule has 1 atom stereocenters. The molecule has 0 aliphatic carbocycles. The molecule has 0 fully saturated rings. The highest BCUT2D eigenvalue weighted by molar-refractivity contribution is 6.08. The third kappa shape index (κ3) is 8.59. The van der Waals surface area contributed by atoms with Crippen molar-refractivity contribution >= 4 is 17.7 Å². The molecule has 3 amide bonds. The van der Waals surface area contributed by atoms with Gasteiger partial charge in [-0.1, -0.05) is 44.7 Å². The minimum Gasteiger partial charge on any atom is -0.357 e. The van der Waals surface area contributed by atoms with Crippen LogP contribution in [0.15, 0.2) is 48.5 Å². The number of carbonyl (C=O) groups excluding carboxylic acids is 3. The van der Waals surface area contributed by atoms with E-state index >= 15 is 0 Å². The fourth-order valence-corrected chi connectivity index (χ4v) is 3.18. The molecule has 0 saturated carbocycles. The molecule has 4 N–H and O–H groups in total. The average molecular weight is 489 g/mol. The van der Waals surface area contributed by atoms with Gasteiger partial charge in [0, 0.05) is 43.9 Å². The molecule has 0 aliphatic rings. The second-order valence-electron chi connectivity index (χ2n) is 9.35. The minimum absolute atomic E-state index is 0.241. The topological polar surface area (TPSA) is 111 Å². The largest absolute Gasteiger partial charge is 0.357 e. The Morgan fingerprint density at radius 2 is 1.44 bits per heavy atom. The fraction of sp³-hybridized carbons (Fsp3) is 0.321. The van der Waals surface area contributed by atoms with Gasteiger partial charge in [-0.15, -0.1) is 0 Å². The number of likely N-dealkylation sites (N-methyl/N-ethyl adjacent to an activating group) is 2. The van der Waals surface area contributed by atoms with Crippen molar-refractivity contribution < 1.29 is 19.6 Å². The van der Waals surface area contributed by atoms with E-state index in [1.54, 1.807) is 24.3 Å². The van der Waals surface area contributed by atoms with Gasteiger partial charge in [0.2, 0.25) is 0 Å². The predicted molar refractivity (Wildman–Crippen MR) is 138 cm³/mol. The van der Waals surface area contributed by atoms with Crippen LogP contribution in [0.4, 0.5) is 0 Å². The van der Waals surface area contributed by atoms with E-state index in [1.165, 1.54) is 25.1 Å². The first-order valence-electron chi connectivity index (χ1n) is 11.4. The lowest BCUT2D eigenvalue weighted by Crippen LogP contribution is -2.54. The van der Waals surface area contributed by atoms with Crippen LogP contribution in [0.25, 0.3) is 0 Å². The van der Waals surface area contributed by atoms with E-state index in [9.17, 15) is 14.4 Å². The maximum atomic E-state index is 12.7. The van der Waals surface area contributed by atoms with E-state index in [1.807, 2.05) is 24.3 Å². The van der Waals surface area contributed by atoms with Crippen LogP contribution >= 0.6 is 0 Å². The number of nitrogens with one attached hydrogen (secondary N) is 3. The van der Waals surface area contributed by atoms with Gasteiger partial charge in [-0.25, -0.2) is 5.48 Å². The molecule has 0 aliphatic heterocycles. The standard InChI is InChI=1S/C28H32N4O4/c1-28(2,3)19-30-18-22-12-10-20(11-13-22)8-6-7-9-21-14-16-23(17-15-21)27(35)32(5)24(25(33)29-4)26(34)31-36/h10-17,24,30,36H,18-19H2,1-5H3,(H,29,33)(H,31,34). The first-order chi connectivity index (χ1) is 17.1. The minimum atomic E-state index is -1.52. The number of hydroxylamine groups is 1. The number of hydrogen-bond donors (Lipinski definition) is 4. The molecule has 188 valence electrons. The van der Waals surface area contributed by atoms with Gasteiger partial charge in [-0.3, -0.25) is 19.6 Å². The molecule has 2 aromatic rings. The fourth-order valence-electron chi connectivity index (χ4n) is 3.18. The molecule has 0 spiro atoms. The zero-order valence-electron chi connectivity index (χ0n) is 21.2. The summed E-state index contributed by atoms with van der Waals surface area (Å²) in [5, 5.41) is 14.6. The molecule has 8 heteroatoms. The number of rotatable bonds is 7. The third-order valence-electron chi connectivity index (χ3n) is 5.11. The van der Waals surface area contributed by atoms with Crippen LogP contribution < -0.4 is 16.1 Å². The molecule has 0 radical (unpaired) electrons. The first kappa shape index (κ1) is 28.1. The van der Waals surface area contributed by atoms with Gasteiger partial charge in [0.25, 0.3) is 17.7 Å². The monoisotopic (exact) mass is 488 g/mol. The van der Waals surface area contributed by atoms with Crippen LogP contribution in [-0.4, -0.2) is 54.5 Å². The molecule has 0 bridgehead atoms. The van der Waals surface area contributed by atoms with Crippen molar-refractivity contribution in [3.63, 3.8) is 0 Å². The van der Waals surface area contributed by atoms with Gasteiger partial charge in [0.15, 0.2) is 6.04 Å². The SMILES string of the molecule is CNC(=O)C(C(=O)NO)N(C)C(=O)c1ccc(C#CC#Cc2ccc(CNCC(C)(C)C)cc2)cc1. The Kier molecular flexibility index (Phi) is 10.2. The molecule has 1 unspecified atom stereocenters. The quantitative estimate of drug-likeness (QED) is 0.206. The summed E-state index contributed by atoms with van der Waals surface area (Å²) >= 11 is 0. The van der Waals surface area contributed by atoms with Crippen LogP contribution in [0.5, 0.6) is 0 Å². The van der Waals surface area contributed by atoms with Gasteiger partial charge in [-0.2, -0.15) is 0 Å². The highest BCUT2D eigenvalue weighted by atomic mass is 16.5. The highest BCUT2D eigenvalue weighted by Crippen LogP contribution is 2.11. The summed E-state index contributed by atoms with van der Waals surface area (Å²) in [5.74, 6) is 9.24. The zero-order chi connectivity index (χ0) is 26.7. The van der Waals surface area contributed by atoms with Crippen LogP contribution in [0, 0.1) is 29.1 Å². The first-order valence-corrected chi connectivity index (χ1v) is 11.4. The Balaban J connectivity index is 2.00. The molecule has 0 heterocycles. The number of amides is 3. The number of carbonyl (C=O) groups is 3. The van der Waals surface area contributed by atoms with Crippen molar-refractivity contribution in [2.45, 2.75) is 33.4 Å². The van der Waals surface area contributed by atoms with E-state index in [4.69, 9.17) is 5.21 Å². The van der Waals surface area contributed by atoms with E-state index in [0.29, 0.717) is 5.56 Å². The van der Waals surface area contributed by atoms with Crippen LogP contribution in [0.3, 0.4) is 0 Å². The average Bonchev–Trinajstić information content (AvgIpc) is 2.86. The summed E-state index contributed by atoms with van der Waals surface area (Å²) in [5.41, 5.74) is 4.61. The van der Waals surface area contributed by atoms with Gasteiger partial charge in [0.05, 0.1) is 0 Å². The molecule has 2 rings (SSSR count). The van der Waals surface area contributed by atoms with Gasteiger partial charge in [0.1, 0.15) is 0 Å². The lowest BCUT2D eigenvalue weighted by Gasteiger charge is -2.25. The summed E-state index contributed by atoms with van der Waals surface area (Å²) in [4.78, 5) is 37.5. The summed E-state index contributed by atoms with van der Waals surface area (Å²) in [6.07, 6.45) is 0. The summed E-state index contributed by atoms with van der Waals surface area (Å²) < 4.78 is 0. The Hall–Kier alpha value is -4.11. The molecular formula is C28H32N4O4. The molecular weight excluding hydrogens is 456 g/mol. The van der Waals surface area contributed by atoms with Gasteiger partial charge >= 0.3 is 0 Å². The van der Waals surface area contributed by atoms with Gasteiger partial charge < -0.3 is 15.5 Å². The molecule has 2 aromatic carbocycles. The second kappa shape index (κ2) is 13.1. The Morgan fingerprint density at radius 3 is 1.92 bits per heavy atom. The predicted octanol–water partition coefficient (Wildman–Crippen LogP) is 1.92. The van der Waals surface area contributed by atoms with Crippen LogP contribution in [-0.2, 0) is 16.1 Å². The number of nitrogens with zero attached hydrogens (tertiary/aromatic N) is 1. The van der Waals surface area contributed by atoms with Crippen molar-refractivity contribution in [1.82, 2.24) is 21.0 Å². The van der Waals surface area contributed by atoms with Crippen molar-refractivity contribution in [1.29, 1.82) is 0 Å². The maximum absolute atomic E-state index is 12.7. The smallest absolute Gasteiger partial charge is 0.275 e. The van der Waals surface area contributed by atoms with Crippen molar-refractivity contribution in [3.05, 3.63) is 70.8 Å². The lowest BCUT2D eigenvalue weighted by atomic mass is 9.97. The maximum Gasteiger partial charge on any atom is 0.275 e.